The third-order valence-electron chi connectivity index (χ3n) is 3.33. The van der Waals surface area contributed by atoms with Gasteiger partial charge in [-0.2, -0.15) is 5.10 Å². The second-order valence-electron chi connectivity index (χ2n) is 5.48. The Morgan fingerprint density at radius 1 is 1.40 bits per heavy atom. The van der Waals surface area contributed by atoms with E-state index in [9.17, 15) is 14.0 Å². The van der Waals surface area contributed by atoms with E-state index in [1.54, 1.807) is 38.6 Å². The van der Waals surface area contributed by atoms with E-state index in [0.717, 1.165) is 4.47 Å². The number of nitrogens with one attached hydrogen (secondary N) is 1. The van der Waals surface area contributed by atoms with Crippen molar-refractivity contribution in [1.29, 1.82) is 0 Å². The van der Waals surface area contributed by atoms with Gasteiger partial charge in [0.2, 0.25) is 11.8 Å². The first-order valence-electron chi connectivity index (χ1n) is 7.53. The number of carbonyl (C=O) groups is 2. The van der Waals surface area contributed by atoms with Crippen LogP contribution in [0.3, 0.4) is 0 Å². The fourth-order valence-electron chi connectivity index (χ4n) is 1.99. The van der Waals surface area contributed by atoms with Crippen LogP contribution in [0.5, 0.6) is 0 Å². The summed E-state index contributed by atoms with van der Waals surface area (Å²) in [5, 5.41) is 6.63. The Bertz CT molecular complexity index is 802. The highest BCUT2D eigenvalue weighted by Crippen LogP contribution is 2.17. The van der Waals surface area contributed by atoms with E-state index in [4.69, 9.17) is 0 Å². The molecule has 2 rings (SSSR count). The molecule has 2 aromatic rings. The molecule has 0 saturated heterocycles. The van der Waals surface area contributed by atoms with E-state index >= 15 is 0 Å². The van der Waals surface area contributed by atoms with Crippen LogP contribution in [-0.2, 0) is 9.59 Å². The SMILES string of the molecule is CN(C)C(=O)CCNC(=O)/C=C/c1ccc(-n2cc(Br)cn2)c(F)c1. The quantitative estimate of drug-likeness (QED) is 0.746. The predicted octanol–water partition coefficient (Wildman–Crippen LogP) is 2.38. The monoisotopic (exact) mass is 408 g/mol. The van der Waals surface area contributed by atoms with Gasteiger partial charge in [-0.1, -0.05) is 6.07 Å². The molecule has 1 aromatic carbocycles. The number of rotatable bonds is 6. The summed E-state index contributed by atoms with van der Waals surface area (Å²) in [5.74, 6) is -0.853. The number of nitrogens with zero attached hydrogens (tertiary/aromatic N) is 3. The number of benzene rings is 1. The molecule has 0 spiro atoms. The number of amides is 2. The molecule has 0 radical (unpaired) electrons. The summed E-state index contributed by atoms with van der Waals surface area (Å²) >= 11 is 3.26. The average Bonchev–Trinajstić information content (AvgIpc) is 2.99. The molecule has 0 aliphatic rings. The van der Waals surface area contributed by atoms with Crippen LogP contribution in [0, 0.1) is 5.82 Å². The average molecular weight is 409 g/mol. The Labute approximate surface area is 153 Å². The topological polar surface area (TPSA) is 67.2 Å². The van der Waals surface area contributed by atoms with E-state index in [0.29, 0.717) is 11.3 Å². The fraction of sp³-hybridized carbons (Fsp3) is 0.235. The van der Waals surface area contributed by atoms with Crippen molar-refractivity contribution in [2.24, 2.45) is 0 Å². The van der Waals surface area contributed by atoms with Gasteiger partial charge in [-0.15, -0.1) is 0 Å². The zero-order valence-electron chi connectivity index (χ0n) is 13.9. The van der Waals surface area contributed by atoms with Crippen molar-refractivity contribution in [2.75, 3.05) is 20.6 Å². The van der Waals surface area contributed by atoms with Crippen molar-refractivity contribution >= 4 is 33.8 Å². The highest BCUT2D eigenvalue weighted by atomic mass is 79.9. The number of hydrogen-bond donors (Lipinski definition) is 1. The summed E-state index contributed by atoms with van der Waals surface area (Å²) in [6.45, 7) is 0.252. The van der Waals surface area contributed by atoms with Gasteiger partial charge in [0.25, 0.3) is 0 Å². The molecule has 25 heavy (non-hydrogen) atoms. The predicted molar refractivity (Wildman–Crippen MR) is 96.6 cm³/mol. The molecule has 1 N–H and O–H groups in total. The lowest BCUT2D eigenvalue weighted by molar-refractivity contribution is -0.128. The standard InChI is InChI=1S/C17H18BrFN4O2/c1-22(2)17(25)7-8-20-16(24)6-4-12-3-5-15(14(19)9-12)23-11-13(18)10-21-23/h3-6,9-11H,7-8H2,1-2H3,(H,20,24)/b6-4+. The summed E-state index contributed by atoms with van der Waals surface area (Å²) in [6, 6.07) is 4.60. The maximum absolute atomic E-state index is 14.2. The van der Waals surface area contributed by atoms with Gasteiger partial charge in [0.15, 0.2) is 0 Å². The van der Waals surface area contributed by atoms with E-state index in [-0.39, 0.29) is 24.8 Å². The second-order valence-corrected chi connectivity index (χ2v) is 6.39. The first kappa shape index (κ1) is 18.9. The fourth-order valence-corrected chi connectivity index (χ4v) is 2.28. The van der Waals surface area contributed by atoms with Crippen molar-refractivity contribution in [3.05, 3.63) is 52.5 Å². The van der Waals surface area contributed by atoms with E-state index < -0.39 is 5.82 Å². The minimum Gasteiger partial charge on any atom is -0.352 e. The summed E-state index contributed by atoms with van der Waals surface area (Å²) < 4.78 is 16.4. The van der Waals surface area contributed by atoms with Crippen molar-refractivity contribution in [3.63, 3.8) is 0 Å². The number of hydrogen-bond acceptors (Lipinski definition) is 3. The highest BCUT2D eigenvalue weighted by molar-refractivity contribution is 9.10. The molecule has 6 nitrogen and oxygen atoms in total. The molecule has 0 saturated carbocycles. The minimum atomic E-state index is -0.449. The number of carbonyl (C=O) groups excluding carboxylic acids is 2. The number of halogens is 2. The lowest BCUT2D eigenvalue weighted by atomic mass is 10.2. The van der Waals surface area contributed by atoms with Crippen LogP contribution in [0.1, 0.15) is 12.0 Å². The lowest BCUT2D eigenvalue weighted by Crippen LogP contribution is -2.29. The van der Waals surface area contributed by atoms with Crippen molar-refractivity contribution in [2.45, 2.75) is 6.42 Å². The summed E-state index contributed by atoms with van der Waals surface area (Å²) in [7, 11) is 3.31. The lowest BCUT2D eigenvalue weighted by Gasteiger charge is -2.09. The van der Waals surface area contributed by atoms with Gasteiger partial charge in [-0.05, 0) is 39.7 Å². The molecule has 0 aliphatic carbocycles. The van der Waals surface area contributed by atoms with Gasteiger partial charge in [0.05, 0.1) is 10.7 Å². The van der Waals surface area contributed by atoms with Crippen LogP contribution in [0.25, 0.3) is 11.8 Å². The molecule has 8 heteroatoms. The molecule has 132 valence electrons. The van der Waals surface area contributed by atoms with E-state index in [2.05, 4.69) is 26.3 Å². The van der Waals surface area contributed by atoms with Crippen LogP contribution in [-0.4, -0.2) is 47.1 Å². The Balaban J connectivity index is 1.94. The molecule has 1 heterocycles. The van der Waals surface area contributed by atoms with Crippen LogP contribution in [0.4, 0.5) is 4.39 Å². The maximum atomic E-state index is 14.2. The van der Waals surface area contributed by atoms with E-state index in [1.807, 2.05) is 0 Å². The van der Waals surface area contributed by atoms with Gasteiger partial charge in [0, 0.05) is 39.3 Å². The first-order chi connectivity index (χ1) is 11.9. The largest absolute Gasteiger partial charge is 0.352 e. The first-order valence-corrected chi connectivity index (χ1v) is 8.32. The second kappa shape index (κ2) is 8.57. The molecule has 0 fully saturated rings. The Kier molecular flexibility index (Phi) is 6.46. The number of aromatic nitrogens is 2. The van der Waals surface area contributed by atoms with Crippen molar-refractivity contribution < 1.29 is 14.0 Å². The molecule has 1 aromatic heterocycles. The third kappa shape index (κ3) is 5.53. The minimum absolute atomic E-state index is 0.0628. The Morgan fingerprint density at radius 3 is 2.76 bits per heavy atom. The molecule has 0 atom stereocenters. The molecular weight excluding hydrogens is 391 g/mol. The van der Waals surface area contributed by atoms with Crippen LogP contribution < -0.4 is 5.32 Å². The normalized spacial score (nSPS) is 10.9. The van der Waals surface area contributed by atoms with Crippen LogP contribution >= 0.6 is 15.9 Å². The van der Waals surface area contributed by atoms with Crippen molar-refractivity contribution in [3.8, 4) is 5.69 Å². The van der Waals surface area contributed by atoms with Crippen LogP contribution in [0.15, 0.2) is 41.1 Å². The van der Waals surface area contributed by atoms with Crippen molar-refractivity contribution in [1.82, 2.24) is 20.0 Å². The maximum Gasteiger partial charge on any atom is 0.244 e. The Morgan fingerprint density at radius 2 is 2.16 bits per heavy atom. The molecule has 2 amide bonds. The zero-order valence-corrected chi connectivity index (χ0v) is 15.5. The summed E-state index contributed by atoms with van der Waals surface area (Å²) in [5.41, 5.74) is 0.862. The third-order valence-corrected chi connectivity index (χ3v) is 3.74. The van der Waals surface area contributed by atoms with Gasteiger partial charge in [-0.25, -0.2) is 9.07 Å². The molecule has 0 unspecified atom stereocenters. The smallest absolute Gasteiger partial charge is 0.244 e. The Hall–Kier alpha value is -2.48. The highest BCUT2D eigenvalue weighted by Gasteiger charge is 2.07. The molecule has 0 bridgehead atoms. The van der Waals surface area contributed by atoms with Crippen LogP contribution in [0.2, 0.25) is 0 Å². The van der Waals surface area contributed by atoms with E-state index in [1.165, 1.54) is 27.8 Å². The molecular formula is C17H18BrFN4O2. The van der Waals surface area contributed by atoms with Gasteiger partial charge in [-0.3, -0.25) is 9.59 Å². The van der Waals surface area contributed by atoms with Gasteiger partial charge in [0.1, 0.15) is 11.5 Å². The summed E-state index contributed by atoms with van der Waals surface area (Å²) in [4.78, 5) is 24.6. The van der Waals surface area contributed by atoms with Gasteiger partial charge < -0.3 is 10.2 Å². The molecule has 0 aliphatic heterocycles. The summed E-state index contributed by atoms with van der Waals surface area (Å²) in [6.07, 6.45) is 6.26. The van der Waals surface area contributed by atoms with Gasteiger partial charge >= 0.3 is 0 Å². The zero-order chi connectivity index (χ0) is 18.4.